The normalized spacial score (nSPS) is 26.8. The van der Waals surface area contributed by atoms with E-state index in [1.807, 2.05) is 6.07 Å². The maximum absolute atomic E-state index is 13.4. The number of aromatic nitrogens is 1. The fourth-order valence-corrected chi connectivity index (χ4v) is 8.11. The van der Waals surface area contributed by atoms with Crippen LogP contribution in [-0.2, 0) is 33.1 Å². The summed E-state index contributed by atoms with van der Waals surface area (Å²) < 4.78 is 41.6. The summed E-state index contributed by atoms with van der Waals surface area (Å²) in [5, 5.41) is 0.735. The number of aryl methyl sites for hydroxylation is 1. The van der Waals surface area contributed by atoms with Gasteiger partial charge in [-0.15, -0.1) is 0 Å². The molecule has 10 heteroatoms. The third-order valence-electron chi connectivity index (χ3n) is 9.20. The highest BCUT2D eigenvalue weighted by molar-refractivity contribution is 7.90. The number of nitrogens with zero attached hydrogens (tertiary/aromatic N) is 2. The molecule has 1 saturated carbocycles. The molecule has 41 heavy (non-hydrogen) atoms. The van der Waals surface area contributed by atoms with E-state index in [0.717, 1.165) is 49.4 Å². The molecule has 1 fully saturated rings. The van der Waals surface area contributed by atoms with Crippen molar-refractivity contribution in [1.29, 1.82) is 0 Å². The van der Waals surface area contributed by atoms with Gasteiger partial charge in [0.25, 0.3) is 10.0 Å². The summed E-state index contributed by atoms with van der Waals surface area (Å²) in [4.78, 5) is 19.3. The van der Waals surface area contributed by atoms with Gasteiger partial charge in [-0.2, -0.15) is 0 Å². The third kappa shape index (κ3) is 5.03. The van der Waals surface area contributed by atoms with Gasteiger partial charge < -0.3 is 14.4 Å². The Balaban J connectivity index is 1.30. The van der Waals surface area contributed by atoms with Crippen LogP contribution < -0.4 is 19.1 Å². The minimum Gasteiger partial charge on any atom is -0.492 e. The van der Waals surface area contributed by atoms with Crippen LogP contribution in [0.15, 0.2) is 59.8 Å². The van der Waals surface area contributed by atoms with Crippen LogP contribution in [0.2, 0.25) is 5.02 Å². The molecule has 214 valence electrons. The minimum atomic E-state index is -4.11. The third-order valence-corrected chi connectivity index (χ3v) is 10.8. The summed E-state index contributed by atoms with van der Waals surface area (Å²) in [5.74, 6) is 1.36. The fraction of sp³-hybridized carbons (Fsp3) is 0.419. The van der Waals surface area contributed by atoms with Crippen LogP contribution in [0.3, 0.4) is 0 Å². The van der Waals surface area contributed by atoms with E-state index in [9.17, 15) is 13.2 Å². The summed E-state index contributed by atoms with van der Waals surface area (Å²) in [5.41, 5.74) is 3.59. The zero-order chi connectivity index (χ0) is 28.2. The van der Waals surface area contributed by atoms with Crippen LogP contribution in [0.25, 0.3) is 0 Å². The number of fused-ring (bicyclic) bond motifs is 6. The quantitative estimate of drug-likeness (QED) is 0.404. The Labute approximate surface area is 245 Å². The summed E-state index contributed by atoms with van der Waals surface area (Å²) in [6.07, 6.45) is 8.18. The average molecular weight is 594 g/mol. The van der Waals surface area contributed by atoms with Gasteiger partial charge in [-0.25, -0.2) is 13.1 Å². The summed E-state index contributed by atoms with van der Waals surface area (Å²) in [6.45, 7) is 2.51. The van der Waals surface area contributed by atoms with Gasteiger partial charge >= 0.3 is 0 Å². The first-order valence-electron chi connectivity index (χ1n) is 14.2. The van der Waals surface area contributed by atoms with Crippen molar-refractivity contribution in [1.82, 2.24) is 9.71 Å². The van der Waals surface area contributed by atoms with Crippen LogP contribution in [-0.4, -0.2) is 45.6 Å². The number of sulfonamides is 1. The maximum Gasteiger partial charge on any atom is 0.264 e. The Morgan fingerprint density at radius 2 is 1.93 bits per heavy atom. The van der Waals surface area contributed by atoms with Gasteiger partial charge in [0.2, 0.25) is 5.91 Å². The number of pyridine rings is 1. The first-order valence-corrected chi connectivity index (χ1v) is 16.1. The molecule has 1 amide bonds. The van der Waals surface area contributed by atoms with E-state index < -0.39 is 15.9 Å². The second-order valence-corrected chi connectivity index (χ2v) is 14.0. The molecular formula is C31H32ClN3O5S. The predicted octanol–water partition coefficient (Wildman–Crippen LogP) is 4.67. The Kier molecular flexibility index (Phi) is 6.62. The molecule has 3 aromatic rings. The van der Waals surface area contributed by atoms with Crippen LogP contribution in [0.5, 0.6) is 11.5 Å². The van der Waals surface area contributed by atoms with Crippen molar-refractivity contribution in [2.75, 3.05) is 31.2 Å². The van der Waals surface area contributed by atoms with Crippen molar-refractivity contribution >= 4 is 33.2 Å². The summed E-state index contributed by atoms with van der Waals surface area (Å²) in [7, 11) is -4.11. The number of hydrogen-bond donors (Lipinski definition) is 1. The lowest BCUT2D eigenvalue weighted by atomic mass is 9.69. The number of carbonyl (C=O) groups excluding carboxylic acids is 1. The van der Waals surface area contributed by atoms with Crippen LogP contribution >= 0.6 is 11.6 Å². The number of rotatable bonds is 0. The molecule has 0 radical (unpaired) electrons. The number of halogens is 1. The molecule has 0 unspecified atom stereocenters. The molecule has 3 heterocycles. The Morgan fingerprint density at radius 3 is 2.78 bits per heavy atom. The van der Waals surface area contributed by atoms with Crippen molar-refractivity contribution < 1.29 is 22.7 Å². The van der Waals surface area contributed by atoms with E-state index in [2.05, 4.69) is 26.7 Å². The van der Waals surface area contributed by atoms with E-state index in [4.69, 9.17) is 21.1 Å². The molecule has 7 rings (SSSR count). The summed E-state index contributed by atoms with van der Waals surface area (Å²) >= 11 is 6.38. The van der Waals surface area contributed by atoms with Gasteiger partial charge in [0.15, 0.2) is 0 Å². The largest absolute Gasteiger partial charge is 0.492 e. The highest BCUT2D eigenvalue weighted by Gasteiger charge is 2.43. The Morgan fingerprint density at radius 1 is 1.05 bits per heavy atom. The van der Waals surface area contributed by atoms with Gasteiger partial charge in [0.1, 0.15) is 11.5 Å². The number of nitrogens with one attached hydrogen (secondary N) is 1. The maximum atomic E-state index is 13.4. The lowest BCUT2D eigenvalue weighted by Crippen LogP contribution is -2.49. The lowest BCUT2D eigenvalue weighted by molar-refractivity contribution is -0.118. The molecule has 4 aliphatic rings. The zero-order valence-electron chi connectivity index (χ0n) is 22.6. The standard InChI is InChI=1S/C31H32ClN3O5S/c32-24-5-7-27-21(12-24)2-1-9-31(27)18-35-16-22-3-4-23(22)17-39-25-10-20(14-33-15-25)11-30(36)34-41(37,38)26-6-8-29(40-19-31)28(35)13-26/h5-8,10,12-15,22-23H,1-4,9,11,16-19H2,(H,34,36)/t22-,23-,31-/m0/s1. The minimum absolute atomic E-state index is 0.0393. The average Bonchev–Trinajstić information content (AvgIpc) is 3.07. The molecular weight excluding hydrogens is 562 g/mol. The first kappa shape index (κ1) is 26.6. The summed E-state index contributed by atoms with van der Waals surface area (Å²) in [6, 6.07) is 12.8. The second-order valence-electron chi connectivity index (χ2n) is 11.9. The monoisotopic (exact) mass is 593 g/mol. The number of anilines is 1. The molecule has 1 aromatic heterocycles. The number of amides is 1. The van der Waals surface area contributed by atoms with Crippen LogP contribution in [0, 0.1) is 11.8 Å². The van der Waals surface area contributed by atoms with Crippen molar-refractivity contribution in [3.63, 3.8) is 0 Å². The molecule has 1 spiro atoms. The van der Waals surface area contributed by atoms with Crippen molar-refractivity contribution in [2.24, 2.45) is 11.8 Å². The van der Waals surface area contributed by atoms with Gasteiger partial charge in [-0.05, 0) is 97.0 Å². The Hall–Kier alpha value is -3.30. The van der Waals surface area contributed by atoms with Crippen LogP contribution in [0.4, 0.5) is 5.69 Å². The number of ether oxygens (including phenoxy) is 2. The molecule has 2 aliphatic heterocycles. The van der Waals surface area contributed by atoms with Gasteiger partial charge in [-0.1, -0.05) is 17.7 Å². The fourth-order valence-electron chi connectivity index (χ4n) is 6.91. The molecule has 3 atom stereocenters. The van der Waals surface area contributed by atoms with E-state index in [-0.39, 0.29) is 16.7 Å². The topological polar surface area (TPSA) is 97.8 Å². The molecule has 0 saturated heterocycles. The van der Waals surface area contributed by atoms with E-state index in [1.165, 1.54) is 17.2 Å². The molecule has 2 aromatic carbocycles. The lowest BCUT2D eigenvalue weighted by Gasteiger charge is -2.44. The van der Waals surface area contributed by atoms with Gasteiger partial charge in [0, 0.05) is 29.7 Å². The zero-order valence-corrected chi connectivity index (χ0v) is 24.2. The smallest absolute Gasteiger partial charge is 0.264 e. The molecule has 4 bridgehead atoms. The van der Waals surface area contributed by atoms with Gasteiger partial charge in [0.05, 0.1) is 36.4 Å². The molecule has 8 nitrogen and oxygen atoms in total. The van der Waals surface area contributed by atoms with Crippen LogP contribution in [0.1, 0.15) is 42.4 Å². The van der Waals surface area contributed by atoms with Crippen molar-refractivity contribution in [2.45, 2.75) is 48.8 Å². The van der Waals surface area contributed by atoms with E-state index in [0.29, 0.717) is 48.7 Å². The highest BCUT2D eigenvalue weighted by Crippen LogP contribution is 2.46. The van der Waals surface area contributed by atoms with E-state index >= 15 is 0 Å². The van der Waals surface area contributed by atoms with Gasteiger partial charge in [-0.3, -0.25) is 9.78 Å². The number of hydrogen-bond acceptors (Lipinski definition) is 7. The Bertz CT molecular complexity index is 1630. The second kappa shape index (κ2) is 10.2. The number of benzene rings is 2. The molecule has 2 aliphatic carbocycles. The number of carbonyl (C=O) groups is 1. The van der Waals surface area contributed by atoms with Crippen molar-refractivity contribution in [3.8, 4) is 11.5 Å². The SMILES string of the molecule is O=C1Cc2cncc(c2)OC[C@@H]2CC[C@H]2CN2C[C@@]3(CCCc4cc(Cl)ccc43)COc3ccc(cc32)S(=O)(=O)N1. The van der Waals surface area contributed by atoms with Crippen molar-refractivity contribution in [3.05, 3.63) is 76.6 Å². The van der Waals surface area contributed by atoms with E-state index in [1.54, 1.807) is 30.6 Å². The first-order chi connectivity index (χ1) is 19.8. The highest BCUT2D eigenvalue weighted by atomic mass is 35.5. The molecule has 1 N–H and O–H groups in total. The predicted molar refractivity (Wildman–Crippen MR) is 155 cm³/mol.